The van der Waals surface area contributed by atoms with Crippen molar-refractivity contribution >= 4 is 40.7 Å². The number of hydrogen-bond acceptors (Lipinski definition) is 5. The summed E-state index contributed by atoms with van der Waals surface area (Å²) in [5, 5.41) is 4.77. The molecule has 102 valence electrons. The van der Waals surface area contributed by atoms with Gasteiger partial charge >= 0.3 is 0 Å². The molecule has 2 aromatic rings. The molecule has 4 nitrogen and oxygen atoms in total. The molecule has 19 heavy (non-hydrogen) atoms. The van der Waals surface area contributed by atoms with E-state index in [9.17, 15) is 0 Å². The number of hydrogen-bond donors (Lipinski definition) is 1. The first-order chi connectivity index (χ1) is 9.13. The number of nitrogens with zero attached hydrogens (tertiary/aromatic N) is 2. The summed E-state index contributed by atoms with van der Waals surface area (Å²) < 4.78 is 5.20. The van der Waals surface area contributed by atoms with Gasteiger partial charge in [-0.2, -0.15) is 16.7 Å². The molecule has 0 aliphatic heterocycles. The predicted molar refractivity (Wildman–Crippen MR) is 80.6 cm³/mol. The molecule has 1 heterocycles. The number of aromatic nitrogens is 2. The zero-order chi connectivity index (χ0) is 13.8. The molecule has 2 N–H and O–H groups in total. The van der Waals surface area contributed by atoms with E-state index in [0.717, 1.165) is 12.2 Å². The van der Waals surface area contributed by atoms with Gasteiger partial charge in [-0.15, -0.1) is 0 Å². The lowest BCUT2D eigenvalue weighted by Gasteiger charge is -2.04. The van der Waals surface area contributed by atoms with Crippen LogP contribution in [0.4, 0.5) is 5.69 Å². The average molecular weight is 318 g/mol. The zero-order valence-electron chi connectivity index (χ0n) is 10.3. The second-order valence-electron chi connectivity index (χ2n) is 3.89. The molecule has 1 aromatic carbocycles. The van der Waals surface area contributed by atoms with Gasteiger partial charge in [0.25, 0.3) is 5.89 Å². The van der Waals surface area contributed by atoms with Gasteiger partial charge in [0.2, 0.25) is 0 Å². The zero-order valence-corrected chi connectivity index (χ0v) is 12.6. The Labute approximate surface area is 125 Å². The molecule has 0 fully saturated rings. The van der Waals surface area contributed by atoms with Gasteiger partial charge in [0.05, 0.1) is 27.0 Å². The average Bonchev–Trinajstić information content (AvgIpc) is 2.83. The molecule has 0 saturated carbocycles. The van der Waals surface area contributed by atoms with Crippen molar-refractivity contribution in [2.45, 2.75) is 19.1 Å². The normalized spacial score (nSPS) is 10.9. The van der Waals surface area contributed by atoms with Gasteiger partial charge in [0.15, 0.2) is 5.82 Å². The van der Waals surface area contributed by atoms with Crippen LogP contribution in [0.15, 0.2) is 16.7 Å². The third kappa shape index (κ3) is 3.35. The van der Waals surface area contributed by atoms with Crippen molar-refractivity contribution < 1.29 is 4.52 Å². The van der Waals surface area contributed by atoms with Crippen molar-refractivity contribution in [1.82, 2.24) is 10.1 Å². The van der Waals surface area contributed by atoms with Gasteiger partial charge < -0.3 is 10.3 Å². The van der Waals surface area contributed by atoms with Crippen molar-refractivity contribution in [3.8, 4) is 11.5 Å². The Morgan fingerprint density at radius 1 is 1.32 bits per heavy atom. The van der Waals surface area contributed by atoms with Crippen LogP contribution in [0.5, 0.6) is 0 Å². The molecule has 0 aliphatic rings. The molecule has 0 saturated heterocycles. The molecule has 0 bridgehead atoms. The van der Waals surface area contributed by atoms with E-state index in [1.807, 2.05) is 0 Å². The molecule has 7 heteroatoms. The highest BCUT2D eigenvalue weighted by atomic mass is 35.5. The molecule has 2 rings (SSSR count). The van der Waals surface area contributed by atoms with E-state index in [1.54, 1.807) is 23.9 Å². The number of halogens is 2. The maximum Gasteiger partial charge on any atom is 0.261 e. The molecule has 0 spiro atoms. The molecule has 0 aliphatic carbocycles. The fourth-order valence-electron chi connectivity index (χ4n) is 1.51. The Morgan fingerprint density at radius 3 is 2.79 bits per heavy atom. The fraction of sp³-hybridized carbons (Fsp3) is 0.333. The maximum atomic E-state index is 6.10. The second-order valence-corrected chi connectivity index (χ2v) is 5.81. The summed E-state index contributed by atoms with van der Waals surface area (Å²) in [6, 6.07) is 3.29. The SMILES string of the molecule is CCCSCc1noc(-c2c(Cl)ccc(Cl)c2N)n1. The van der Waals surface area contributed by atoms with E-state index >= 15 is 0 Å². The number of thioether (sulfide) groups is 1. The standard InChI is InChI=1S/C12H13Cl2N3OS/c1-2-5-19-6-9-16-12(18-17-9)10-7(13)3-4-8(14)11(10)15/h3-4H,2,5-6,15H2,1H3. The monoisotopic (exact) mass is 317 g/mol. The van der Waals surface area contributed by atoms with Gasteiger partial charge in [-0.1, -0.05) is 35.3 Å². The number of nitrogens with two attached hydrogens (primary N) is 1. The molecule has 0 amide bonds. The Kier molecular flexibility index (Phi) is 4.96. The molecular formula is C12H13Cl2N3OS. The van der Waals surface area contributed by atoms with E-state index in [2.05, 4.69) is 17.1 Å². The van der Waals surface area contributed by atoms with Gasteiger partial charge in [0, 0.05) is 0 Å². The van der Waals surface area contributed by atoms with Crippen LogP contribution in [-0.2, 0) is 5.75 Å². The van der Waals surface area contributed by atoms with Gasteiger partial charge in [-0.05, 0) is 24.3 Å². The quantitative estimate of drug-likeness (QED) is 0.659. The summed E-state index contributed by atoms with van der Waals surface area (Å²) in [6.07, 6.45) is 1.11. The largest absolute Gasteiger partial charge is 0.397 e. The minimum Gasteiger partial charge on any atom is -0.397 e. The topological polar surface area (TPSA) is 64.9 Å². The van der Waals surface area contributed by atoms with Gasteiger partial charge in [-0.25, -0.2) is 0 Å². The second kappa shape index (κ2) is 6.50. The van der Waals surface area contributed by atoms with E-state index in [4.69, 9.17) is 33.5 Å². The smallest absolute Gasteiger partial charge is 0.261 e. The Morgan fingerprint density at radius 2 is 2.05 bits per heavy atom. The lowest BCUT2D eigenvalue weighted by Crippen LogP contribution is -1.93. The van der Waals surface area contributed by atoms with E-state index in [-0.39, 0.29) is 0 Å². The lowest BCUT2D eigenvalue weighted by molar-refractivity contribution is 0.425. The van der Waals surface area contributed by atoms with Crippen LogP contribution in [0.2, 0.25) is 10.0 Å². The minimum absolute atomic E-state index is 0.303. The highest BCUT2D eigenvalue weighted by Gasteiger charge is 2.17. The van der Waals surface area contributed by atoms with Crippen LogP contribution in [0.3, 0.4) is 0 Å². The number of anilines is 1. The highest BCUT2D eigenvalue weighted by Crippen LogP contribution is 2.36. The maximum absolute atomic E-state index is 6.10. The van der Waals surface area contributed by atoms with Crippen LogP contribution >= 0.6 is 35.0 Å². The first kappa shape index (κ1) is 14.5. The first-order valence-corrected chi connectivity index (χ1v) is 7.68. The van der Waals surface area contributed by atoms with Crippen LogP contribution in [0.1, 0.15) is 19.2 Å². The van der Waals surface area contributed by atoms with E-state index in [0.29, 0.717) is 38.8 Å². The van der Waals surface area contributed by atoms with Crippen LogP contribution < -0.4 is 5.73 Å². The summed E-state index contributed by atoms with van der Waals surface area (Å²) >= 11 is 13.8. The van der Waals surface area contributed by atoms with E-state index < -0.39 is 0 Å². The van der Waals surface area contributed by atoms with Crippen molar-refractivity contribution in [3.63, 3.8) is 0 Å². The van der Waals surface area contributed by atoms with Crippen molar-refractivity contribution in [2.75, 3.05) is 11.5 Å². The van der Waals surface area contributed by atoms with E-state index in [1.165, 1.54) is 0 Å². The molecule has 0 atom stereocenters. The summed E-state index contributed by atoms with van der Waals surface area (Å²) in [6.45, 7) is 2.13. The third-order valence-corrected chi connectivity index (χ3v) is 4.21. The van der Waals surface area contributed by atoms with Crippen molar-refractivity contribution in [1.29, 1.82) is 0 Å². The summed E-state index contributed by atoms with van der Waals surface area (Å²) in [5.74, 6) is 2.69. The molecule has 0 radical (unpaired) electrons. The first-order valence-electron chi connectivity index (χ1n) is 5.77. The number of nitrogen functional groups attached to an aromatic ring is 1. The Balaban J connectivity index is 2.25. The van der Waals surface area contributed by atoms with Gasteiger partial charge in [-0.3, -0.25) is 0 Å². The summed E-state index contributed by atoms with van der Waals surface area (Å²) in [4.78, 5) is 4.29. The fourth-order valence-corrected chi connectivity index (χ4v) is 2.64. The van der Waals surface area contributed by atoms with Crippen LogP contribution in [0, 0.1) is 0 Å². The minimum atomic E-state index is 0.303. The predicted octanol–water partition coefficient (Wildman–Crippen LogP) is 4.27. The van der Waals surface area contributed by atoms with Crippen LogP contribution in [-0.4, -0.2) is 15.9 Å². The van der Waals surface area contributed by atoms with Crippen LogP contribution in [0.25, 0.3) is 11.5 Å². The third-order valence-electron chi connectivity index (χ3n) is 2.40. The summed E-state index contributed by atoms with van der Waals surface area (Å²) in [5.41, 5.74) is 6.74. The Hall–Kier alpha value is -0.910. The molecule has 1 aromatic heterocycles. The highest BCUT2D eigenvalue weighted by molar-refractivity contribution is 7.98. The summed E-state index contributed by atoms with van der Waals surface area (Å²) in [7, 11) is 0. The molecule has 0 unspecified atom stereocenters. The Bertz CT molecular complexity index is 574. The number of benzene rings is 1. The molecular weight excluding hydrogens is 305 g/mol. The van der Waals surface area contributed by atoms with Crippen molar-refractivity contribution in [3.05, 3.63) is 28.0 Å². The van der Waals surface area contributed by atoms with Crippen molar-refractivity contribution in [2.24, 2.45) is 0 Å². The lowest BCUT2D eigenvalue weighted by atomic mass is 10.2. The number of rotatable bonds is 5. The van der Waals surface area contributed by atoms with Gasteiger partial charge in [0.1, 0.15) is 0 Å².